The lowest BCUT2D eigenvalue weighted by Crippen LogP contribution is -2.30. The highest BCUT2D eigenvalue weighted by molar-refractivity contribution is 5.46. The molecule has 4 heteroatoms. The van der Waals surface area contributed by atoms with Crippen LogP contribution in [0.3, 0.4) is 0 Å². The summed E-state index contributed by atoms with van der Waals surface area (Å²) in [6.07, 6.45) is -0.618. The lowest BCUT2D eigenvalue weighted by Gasteiger charge is -2.22. The van der Waals surface area contributed by atoms with Gasteiger partial charge in [0.05, 0.1) is 18.3 Å². The minimum Gasteiger partial charge on any atom is -0.389 e. The first kappa shape index (κ1) is 14.9. The number of anilines is 1. The molecule has 1 aromatic carbocycles. The molecule has 0 spiro atoms. The van der Waals surface area contributed by atoms with Crippen molar-refractivity contribution in [3.8, 4) is 0 Å². The minimum absolute atomic E-state index is 0.255. The van der Waals surface area contributed by atoms with Crippen LogP contribution in [0.25, 0.3) is 0 Å². The molecule has 1 atom stereocenters. The second-order valence-corrected chi connectivity index (χ2v) is 5.48. The van der Waals surface area contributed by atoms with Gasteiger partial charge >= 0.3 is 0 Å². The molecule has 18 heavy (non-hydrogen) atoms. The van der Waals surface area contributed by atoms with E-state index in [0.29, 0.717) is 12.2 Å². The van der Waals surface area contributed by atoms with E-state index < -0.39 is 6.10 Å². The number of rotatable bonds is 5. The van der Waals surface area contributed by atoms with Gasteiger partial charge < -0.3 is 15.2 Å². The number of nitrogens with one attached hydrogen (secondary N) is 1. The number of aryl methyl sites for hydroxylation is 1. The second kappa shape index (κ2) is 6.16. The maximum Gasteiger partial charge on any atom is 0.125 e. The largest absolute Gasteiger partial charge is 0.389 e. The summed E-state index contributed by atoms with van der Waals surface area (Å²) in [4.78, 5) is 0. The van der Waals surface area contributed by atoms with Crippen molar-refractivity contribution in [1.82, 2.24) is 0 Å². The number of halogens is 1. The molecule has 3 nitrogen and oxygen atoms in total. The molecule has 0 aromatic heterocycles. The van der Waals surface area contributed by atoms with Crippen molar-refractivity contribution in [2.24, 2.45) is 0 Å². The smallest absolute Gasteiger partial charge is 0.125 e. The van der Waals surface area contributed by atoms with Crippen molar-refractivity contribution in [1.29, 1.82) is 0 Å². The second-order valence-electron chi connectivity index (χ2n) is 5.48. The van der Waals surface area contributed by atoms with E-state index in [0.717, 1.165) is 5.56 Å². The van der Waals surface area contributed by atoms with Crippen LogP contribution in [0.1, 0.15) is 26.3 Å². The lowest BCUT2D eigenvalue weighted by atomic mass is 10.2. The number of aliphatic hydroxyl groups is 1. The Kier molecular flexibility index (Phi) is 5.11. The molecule has 0 radical (unpaired) electrons. The topological polar surface area (TPSA) is 41.5 Å². The fourth-order valence-electron chi connectivity index (χ4n) is 1.48. The standard InChI is InChI=1S/C14H22FNO2/c1-10-5-11(15)7-12(6-10)16-8-13(17)9-18-14(2,3)4/h5-7,13,16-17H,8-9H2,1-4H3. The number of ether oxygens (including phenoxy) is 1. The van der Waals surface area contributed by atoms with Gasteiger partial charge in [-0.2, -0.15) is 0 Å². The highest BCUT2D eigenvalue weighted by Gasteiger charge is 2.13. The van der Waals surface area contributed by atoms with Crippen molar-refractivity contribution in [2.75, 3.05) is 18.5 Å². The fourth-order valence-corrected chi connectivity index (χ4v) is 1.48. The summed E-state index contributed by atoms with van der Waals surface area (Å²) in [5.74, 6) is -0.280. The summed E-state index contributed by atoms with van der Waals surface area (Å²) in [5, 5.41) is 12.7. The number of benzene rings is 1. The molecule has 2 N–H and O–H groups in total. The molecule has 0 bridgehead atoms. The van der Waals surface area contributed by atoms with Gasteiger partial charge in [-0.15, -0.1) is 0 Å². The predicted octanol–water partition coefficient (Wildman–Crippen LogP) is 2.72. The van der Waals surface area contributed by atoms with Gasteiger partial charge in [0.15, 0.2) is 0 Å². The van der Waals surface area contributed by atoms with Crippen LogP contribution in [0.5, 0.6) is 0 Å². The van der Waals surface area contributed by atoms with Crippen LogP contribution in [-0.2, 0) is 4.74 Å². The normalized spacial score (nSPS) is 13.4. The molecular formula is C14H22FNO2. The van der Waals surface area contributed by atoms with E-state index in [2.05, 4.69) is 5.32 Å². The highest BCUT2D eigenvalue weighted by atomic mass is 19.1. The maximum atomic E-state index is 13.1. The van der Waals surface area contributed by atoms with Crippen molar-refractivity contribution >= 4 is 5.69 Å². The van der Waals surface area contributed by atoms with Crippen LogP contribution in [0.2, 0.25) is 0 Å². The van der Waals surface area contributed by atoms with Gasteiger partial charge in [0.25, 0.3) is 0 Å². The van der Waals surface area contributed by atoms with E-state index in [-0.39, 0.29) is 18.0 Å². The van der Waals surface area contributed by atoms with E-state index in [1.165, 1.54) is 12.1 Å². The van der Waals surface area contributed by atoms with E-state index in [1.807, 2.05) is 33.8 Å². The number of hydrogen-bond donors (Lipinski definition) is 2. The Bertz CT molecular complexity index is 368. The average molecular weight is 255 g/mol. The van der Waals surface area contributed by atoms with Crippen molar-refractivity contribution in [3.63, 3.8) is 0 Å². The Balaban J connectivity index is 2.40. The van der Waals surface area contributed by atoms with Gasteiger partial charge in [0.1, 0.15) is 5.82 Å². The zero-order chi connectivity index (χ0) is 13.8. The van der Waals surface area contributed by atoms with Crippen molar-refractivity contribution in [3.05, 3.63) is 29.6 Å². The third-order valence-electron chi connectivity index (χ3n) is 2.29. The molecule has 1 unspecified atom stereocenters. The summed E-state index contributed by atoms with van der Waals surface area (Å²) < 4.78 is 18.6. The summed E-state index contributed by atoms with van der Waals surface area (Å²) >= 11 is 0. The zero-order valence-corrected chi connectivity index (χ0v) is 11.5. The van der Waals surface area contributed by atoms with Gasteiger partial charge in [0, 0.05) is 12.2 Å². The molecule has 0 aliphatic rings. The summed E-state index contributed by atoms with van der Waals surface area (Å²) in [7, 11) is 0. The molecule has 0 aliphatic heterocycles. The molecule has 0 saturated carbocycles. The van der Waals surface area contributed by atoms with Crippen LogP contribution in [0, 0.1) is 12.7 Å². The molecule has 0 fully saturated rings. The third-order valence-corrected chi connectivity index (χ3v) is 2.29. The van der Waals surface area contributed by atoms with Gasteiger partial charge in [-0.05, 0) is 51.5 Å². The number of aliphatic hydroxyl groups excluding tert-OH is 1. The summed E-state index contributed by atoms with van der Waals surface area (Å²) in [5.41, 5.74) is 1.25. The Hall–Kier alpha value is -1.13. The maximum absolute atomic E-state index is 13.1. The van der Waals surface area contributed by atoms with Crippen LogP contribution >= 0.6 is 0 Å². The summed E-state index contributed by atoms with van der Waals surface area (Å²) in [6.45, 7) is 8.21. The Morgan fingerprint density at radius 1 is 1.33 bits per heavy atom. The van der Waals surface area contributed by atoms with Crippen molar-refractivity contribution in [2.45, 2.75) is 39.4 Å². The minimum atomic E-state index is -0.618. The van der Waals surface area contributed by atoms with Crippen LogP contribution in [0.4, 0.5) is 10.1 Å². The first-order valence-corrected chi connectivity index (χ1v) is 6.09. The first-order valence-electron chi connectivity index (χ1n) is 6.09. The van der Waals surface area contributed by atoms with E-state index in [9.17, 15) is 9.50 Å². The van der Waals surface area contributed by atoms with E-state index in [1.54, 1.807) is 0 Å². The summed E-state index contributed by atoms with van der Waals surface area (Å²) in [6, 6.07) is 4.70. The SMILES string of the molecule is Cc1cc(F)cc(NCC(O)COC(C)(C)C)c1. The van der Waals surface area contributed by atoms with Crippen molar-refractivity contribution < 1.29 is 14.2 Å². The van der Waals surface area contributed by atoms with E-state index >= 15 is 0 Å². The third kappa shape index (κ3) is 5.98. The monoisotopic (exact) mass is 255 g/mol. The average Bonchev–Trinajstić information content (AvgIpc) is 2.21. The predicted molar refractivity (Wildman–Crippen MR) is 71.3 cm³/mol. The van der Waals surface area contributed by atoms with Gasteiger partial charge in [0.2, 0.25) is 0 Å². The number of hydrogen-bond acceptors (Lipinski definition) is 3. The molecule has 0 aliphatic carbocycles. The molecule has 0 heterocycles. The van der Waals surface area contributed by atoms with Gasteiger partial charge in [-0.1, -0.05) is 0 Å². The van der Waals surface area contributed by atoms with Crippen LogP contribution in [0.15, 0.2) is 18.2 Å². The van der Waals surface area contributed by atoms with Crippen LogP contribution in [-0.4, -0.2) is 30.0 Å². The molecule has 1 aromatic rings. The zero-order valence-electron chi connectivity index (χ0n) is 11.5. The quantitative estimate of drug-likeness (QED) is 0.850. The first-order chi connectivity index (χ1) is 8.26. The van der Waals surface area contributed by atoms with E-state index in [4.69, 9.17) is 4.74 Å². The van der Waals surface area contributed by atoms with Gasteiger partial charge in [-0.3, -0.25) is 0 Å². The molecule has 102 valence electrons. The lowest BCUT2D eigenvalue weighted by molar-refractivity contribution is -0.0449. The molecule has 0 saturated heterocycles. The Labute approximate surface area is 108 Å². The van der Waals surface area contributed by atoms with Crippen LogP contribution < -0.4 is 5.32 Å². The molecule has 0 amide bonds. The molecule has 1 rings (SSSR count). The van der Waals surface area contributed by atoms with Gasteiger partial charge in [-0.25, -0.2) is 4.39 Å². The Morgan fingerprint density at radius 2 is 2.00 bits per heavy atom. The highest BCUT2D eigenvalue weighted by Crippen LogP contribution is 2.13. The fraction of sp³-hybridized carbons (Fsp3) is 0.571. The Morgan fingerprint density at radius 3 is 2.56 bits per heavy atom. The molecular weight excluding hydrogens is 233 g/mol.